The monoisotopic (exact) mass is 291 g/mol. The van der Waals surface area contributed by atoms with E-state index in [4.69, 9.17) is 5.73 Å². The number of hydrogen-bond donors (Lipinski definition) is 1. The predicted molar refractivity (Wildman–Crippen MR) is 80.6 cm³/mol. The minimum absolute atomic E-state index is 0.00476. The van der Waals surface area contributed by atoms with Gasteiger partial charge < -0.3 is 15.2 Å². The standard InChI is InChI=1S/C14H17N3O2S/c1-10-5-6-20-12(10)8-16(2)14(19)9-17-7-11(15)3-4-13(17)18/h3-7H,8-9,15H2,1-2H3. The molecule has 1 amide bonds. The van der Waals surface area contributed by atoms with E-state index in [9.17, 15) is 9.59 Å². The van der Waals surface area contributed by atoms with Gasteiger partial charge in [-0.25, -0.2) is 0 Å². The highest BCUT2D eigenvalue weighted by Gasteiger charge is 2.12. The van der Waals surface area contributed by atoms with Crippen LogP contribution in [0.2, 0.25) is 0 Å². The van der Waals surface area contributed by atoms with Gasteiger partial charge in [-0.15, -0.1) is 11.3 Å². The number of nitrogens with zero attached hydrogens (tertiary/aromatic N) is 2. The number of rotatable bonds is 4. The topological polar surface area (TPSA) is 68.3 Å². The molecular formula is C14H17N3O2S. The zero-order valence-corrected chi connectivity index (χ0v) is 12.3. The van der Waals surface area contributed by atoms with Crippen molar-refractivity contribution in [3.05, 3.63) is 50.6 Å². The van der Waals surface area contributed by atoms with Gasteiger partial charge in [-0.3, -0.25) is 9.59 Å². The zero-order chi connectivity index (χ0) is 14.7. The lowest BCUT2D eigenvalue weighted by Crippen LogP contribution is -2.33. The molecule has 2 aromatic heterocycles. The van der Waals surface area contributed by atoms with Crippen LogP contribution in [0.1, 0.15) is 10.4 Å². The van der Waals surface area contributed by atoms with Crippen LogP contribution in [0.3, 0.4) is 0 Å². The van der Waals surface area contributed by atoms with Gasteiger partial charge in [-0.1, -0.05) is 0 Å². The minimum atomic E-state index is -0.228. The van der Waals surface area contributed by atoms with E-state index in [0.717, 1.165) is 4.88 Å². The summed E-state index contributed by atoms with van der Waals surface area (Å²) in [4.78, 5) is 26.6. The fraction of sp³-hybridized carbons (Fsp3) is 0.286. The molecule has 20 heavy (non-hydrogen) atoms. The summed E-state index contributed by atoms with van der Waals surface area (Å²) in [6.07, 6.45) is 1.49. The van der Waals surface area contributed by atoms with Crippen molar-refractivity contribution in [1.29, 1.82) is 0 Å². The molecule has 0 aliphatic rings. The summed E-state index contributed by atoms with van der Waals surface area (Å²) < 4.78 is 1.33. The second kappa shape index (κ2) is 5.92. The maximum Gasteiger partial charge on any atom is 0.251 e. The third kappa shape index (κ3) is 3.27. The number of anilines is 1. The van der Waals surface area contributed by atoms with Gasteiger partial charge in [0.1, 0.15) is 6.54 Å². The van der Waals surface area contributed by atoms with E-state index in [1.54, 1.807) is 23.3 Å². The van der Waals surface area contributed by atoms with Gasteiger partial charge in [-0.2, -0.15) is 0 Å². The van der Waals surface area contributed by atoms with Gasteiger partial charge in [0.05, 0.1) is 6.54 Å². The summed E-state index contributed by atoms with van der Waals surface area (Å²) in [6, 6.07) is 4.93. The number of nitrogen functional groups attached to an aromatic ring is 1. The molecule has 5 nitrogen and oxygen atoms in total. The molecule has 106 valence electrons. The normalized spacial score (nSPS) is 10.5. The smallest absolute Gasteiger partial charge is 0.251 e. The number of likely N-dealkylation sites (N-methyl/N-ethyl adjacent to an activating group) is 1. The van der Waals surface area contributed by atoms with Crippen LogP contribution in [0.4, 0.5) is 5.69 Å². The van der Waals surface area contributed by atoms with Crippen molar-refractivity contribution in [2.75, 3.05) is 12.8 Å². The zero-order valence-electron chi connectivity index (χ0n) is 11.5. The average Bonchev–Trinajstić information content (AvgIpc) is 2.79. The Kier molecular flexibility index (Phi) is 4.24. The van der Waals surface area contributed by atoms with Crippen molar-refractivity contribution in [3.63, 3.8) is 0 Å². The van der Waals surface area contributed by atoms with E-state index in [-0.39, 0.29) is 18.0 Å². The van der Waals surface area contributed by atoms with Gasteiger partial charge in [0.2, 0.25) is 5.91 Å². The molecule has 0 fully saturated rings. The molecule has 0 aromatic carbocycles. The molecule has 0 aliphatic heterocycles. The number of hydrogen-bond acceptors (Lipinski definition) is 4. The van der Waals surface area contributed by atoms with E-state index in [2.05, 4.69) is 0 Å². The van der Waals surface area contributed by atoms with Crippen LogP contribution in [-0.2, 0) is 17.9 Å². The van der Waals surface area contributed by atoms with Crippen LogP contribution in [-0.4, -0.2) is 22.4 Å². The van der Waals surface area contributed by atoms with Crippen LogP contribution in [0.15, 0.2) is 34.6 Å². The first-order chi connectivity index (χ1) is 9.47. The Morgan fingerprint density at radius 1 is 1.40 bits per heavy atom. The number of nitrogens with two attached hydrogens (primary N) is 1. The number of aryl methyl sites for hydroxylation is 1. The van der Waals surface area contributed by atoms with Crippen molar-refractivity contribution < 1.29 is 4.79 Å². The third-order valence-electron chi connectivity index (χ3n) is 3.09. The lowest BCUT2D eigenvalue weighted by Gasteiger charge is -2.17. The van der Waals surface area contributed by atoms with Gasteiger partial charge in [0.25, 0.3) is 5.56 Å². The highest BCUT2D eigenvalue weighted by atomic mass is 32.1. The van der Waals surface area contributed by atoms with Gasteiger partial charge in [0, 0.05) is 29.9 Å². The Morgan fingerprint density at radius 3 is 2.80 bits per heavy atom. The van der Waals surface area contributed by atoms with Crippen molar-refractivity contribution in [3.8, 4) is 0 Å². The van der Waals surface area contributed by atoms with Crippen molar-refractivity contribution in [2.45, 2.75) is 20.0 Å². The van der Waals surface area contributed by atoms with E-state index in [1.807, 2.05) is 18.4 Å². The Balaban J connectivity index is 2.06. The van der Waals surface area contributed by atoms with Crippen LogP contribution in [0.25, 0.3) is 0 Å². The molecule has 0 spiro atoms. The maximum absolute atomic E-state index is 12.1. The molecule has 2 aromatic rings. The molecule has 0 atom stereocenters. The quantitative estimate of drug-likeness (QED) is 0.927. The number of pyridine rings is 1. The van der Waals surface area contributed by atoms with Crippen molar-refractivity contribution >= 4 is 22.9 Å². The van der Waals surface area contributed by atoms with E-state index in [0.29, 0.717) is 12.2 Å². The van der Waals surface area contributed by atoms with E-state index < -0.39 is 0 Å². The minimum Gasteiger partial charge on any atom is -0.398 e. The summed E-state index contributed by atoms with van der Waals surface area (Å²) in [7, 11) is 1.73. The molecule has 0 unspecified atom stereocenters. The molecular weight excluding hydrogens is 274 g/mol. The molecule has 0 saturated carbocycles. The van der Waals surface area contributed by atoms with Crippen LogP contribution < -0.4 is 11.3 Å². The first kappa shape index (κ1) is 14.3. The van der Waals surface area contributed by atoms with Crippen molar-refractivity contribution in [2.24, 2.45) is 0 Å². The second-order valence-corrected chi connectivity index (χ2v) is 5.71. The Labute approximate surface area is 121 Å². The lowest BCUT2D eigenvalue weighted by molar-refractivity contribution is -0.131. The molecule has 0 radical (unpaired) electrons. The number of thiophene rings is 1. The highest BCUT2D eigenvalue weighted by molar-refractivity contribution is 7.10. The van der Waals surface area contributed by atoms with Crippen LogP contribution >= 0.6 is 11.3 Å². The maximum atomic E-state index is 12.1. The molecule has 6 heteroatoms. The molecule has 0 bridgehead atoms. The van der Waals surface area contributed by atoms with Crippen LogP contribution in [0.5, 0.6) is 0 Å². The van der Waals surface area contributed by atoms with Gasteiger partial charge in [-0.05, 0) is 30.0 Å². The number of aromatic nitrogens is 1. The Hall–Kier alpha value is -2.08. The average molecular weight is 291 g/mol. The molecule has 0 aliphatic carbocycles. The summed E-state index contributed by atoms with van der Waals surface area (Å²) in [5.41, 5.74) is 7.04. The summed E-state index contributed by atoms with van der Waals surface area (Å²) >= 11 is 1.62. The van der Waals surface area contributed by atoms with E-state index >= 15 is 0 Å². The Morgan fingerprint density at radius 2 is 2.15 bits per heavy atom. The van der Waals surface area contributed by atoms with Gasteiger partial charge >= 0.3 is 0 Å². The fourth-order valence-corrected chi connectivity index (χ4v) is 2.77. The molecule has 2 rings (SSSR count). The summed E-state index contributed by atoms with van der Waals surface area (Å²) in [5, 5.41) is 2.01. The molecule has 2 heterocycles. The third-order valence-corrected chi connectivity index (χ3v) is 4.09. The fourth-order valence-electron chi connectivity index (χ4n) is 1.81. The molecule has 0 saturated heterocycles. The SMILES string of the molecule is Cc1ccsc1CN(C)C(=O)Cn1cc(N)ccc1=O. The van der Waals surface area contributed by atoms with Crippen LogP contribution in [0, 0.1) is 6.92 Å². The molecule has 2 N–H and O–H groups in total. The van der Waals surface area contributed by atoms with E-state index in [1.165, 1.54) is 28.5 Å². The first-order valence-corrected chi connectivity index (χ1v) is 7.08. The first-order valence-electron chi connectivity index (χ1n) is 6.20. The number of carbonyl (C=O) groups excluding carboxylic acids is 1. The number of carbonyl (C=O) groups is 1. The lowest BCUT2D eigenvalue weighted by atomic mass is 10.3. The summed E-state index contributed by atoms with van der Waals surface area (Å²) in [5.74, 6) is -0.120. The summed E-state index contributed by atoms with van der Waals surface area (Å²) in [6.45, 7) is 2.58. The van der Waals surface area contributed by atoms with Gasteiger partial charge in [0.15, 0.2) is 0 Å². The number of amides is 1. The largest absolute Gasteiger partial charge is 0.398 e. The predicted octanol–water partition coefficient (Wildman–Crippen LogP) is 1.46. The van der Waals surface area contributed by atoms with Crippen molar-refractivity contribution in [1.82, 2.24) is 9.47 Å². The second-order valence-electron chi connectivity index (χ2n) is 4.71. The highest BCUT2D eigenvalue weighted by Crippen LogP contribution is 2.17. The Bertz CT molecular complexity index is 675.